The lowest BCUT2D eigenvalue weighted by Gasteiger charge is -2.27. The molecule has 0 atom stereocenters. The third-order valence-corrected chi connectivity index (χ3v) is 4.69. The quantitative estimate of drug-likeness (QED) is 0.859. The second-order valence-corrected chi connectivity index (χ2v) is 6.17. The normalized spacial score (nSPS) is 18.3. The first-order valence-electron chi connectivity index (χ1n) is 7.78. The summed E-state index contributed by atoms with van der Waals surface area (Å²) < 4.78 is 0. The molecule has 21 heavy (non-hydrogen) atoms. The molecule has 1 aliphatic carbocycles. The topological polar surface area (TPSA) is 50.2 Å². The standard InChI is InChI=1S/C18H21NO2/c20-17(21)18(11-5-1-2-6-12-18)13-15-10-9-14-7-3-4-8-16(14)19-15/h3-4,7-10H,1-2,5-6,11-13H2,(H,20,21). The highest BCUT2D eigenvalue weighted by Crippen LogP contribution is 2.38. The Morgan fingerprint density at radius 2 is 1.76 bits per heavy atom. The highest BCUT2D eigenvalue weighted by Gasteiger charge is 2.39. The first kappa shape index (κ1) is 14.1. The molecule has 1 heterocycles. The minimum Gasteiger partial charge on any atom is -0.481 e. The van der Waals surface area contributed by atoms with Crippen LogP contribution < -0.4 is 0 Å². The Morgan fingerprint density at radius 3 is 2.48 bits per heavy atom. The summed E-state index contributed by atoms with van der Waals surface area (Å²) in [5, 5.41) is 10.9. The van der Waals surface area contributed by atoms with E-state index in [0.717, 1.165) is 55.1 Å². The maximum absolute atomic E-state index is 11.9. The number of benzene rings is 1. The first-order chi connectivity index (χ1) is 10.2. The van der Waals surface area contributed by atoms with Crippen LogP contribution in [0.5, 0.6) is 0 Å². The number of para-hydroxylation sites is 1. The molecule has 0 spiro atoms. The summed E-state index contributed by atoms with van der Waals surface area (Å²) in [5.41, 5.74) is 1.23. The number of carbonyl (C=O) groups is 1. The van der Waals surface area contributed by atoms with E-state index >= 15 is 0 Å². The molecule has 1 aliphatic rings. The molecule has 3 heteroatoms. The van der Waals surface area contributed by atoms with Crippen LogP contribution in [0.1, 0.15) is 44.2 Å². The van der Waals surface area contributed by atoms with E-state index < -0.39 is 11.4 Å². The zero-order valence-corrected chi connectivity index (χ0v) is 12.2. The Hall–Kier alpha value is -1.90. The van der Waals surface area contributed by atoms with E-state index in [1.807, 2.05) is 36.4 Å². The maximum Gasteiger partial charge on any atom is 0.310 e. The van der Waals surface area contributed by atoms with E-state index in [0.29, 0.717) is 6.42 Å². The van der Waals surface area contributed by atoms with Crippen molar-refractivity contribution >= 4 is 16.9 Å². The number of aliphatic carboxylic acids is 1. The van der Waals surface area contributed by atoms with Crippen LogP contribution in [0.25, 0.3) is 10.9 Å². The monoisotopic (exact) mass is 283 g/mol. The Kier molecular flexibility index (Phi) is 3.91. The van der Waals surface area contributed by atoms with Gasteiger partial charge in [0.15, 0.2) is 0 Å². The number of aromatic nitrogens is 1. The number of rotatable bonds is 3. The van der Waals surface area contributed by atoms with E-state index in [1.165, 1.54) is 0 Å². The van der Waals surface area contributed by atoms with Gasteiger partial charge in [0, 0.05) is 17.5 Å². The molecule has 1 aromatic carbocycles. The molecule has 1 saturated carbocycles. The fraction of sp³-hybridized carbons (Fsp3) is 0.444. The molecule has 0 radical (unpaired) electrons. The Labute approximate surface area is 125 Å². The highest BCUT2D eigenvalue weighted by atomic mass is 16.4. The van der Waals surface area contributed by atoms with Crippen molar-refractivity contribution in [3.05, 3.63) is 42.1 Å². The van der Waals surface area contributed by atoms with Crippen molar-refractivity contribution < 1.29 is 9.90 Å². The van der Waals surface area contributed by atoms with Crippen LogP contribution in [-0.4, -0.2) is 16.1 Å². The van der Waals surface area contributed by atoms with Crippen molar-refractivity contribution in [3.63, 3.8) is 0 Å². The molecule has 2 aromatic rings. The summed E-state index contributed by atoms with van der Waals surface area (Å²) in [6.07, 6.45) is 6.43. The van der Waals surface area contributed by atoms with E-state index in [4.69, 9.17) is 0 Å². The molecule has 1 fully saturated rings. The number of hydrogen-bond donors (Lipinski definition) is 1. The lowest BCUT2D eigenvalue weighted by atomic mass is 9.76. The van der Waals surface area contributed by atoms with Crippen LogP contribution >= 0.6 is 0 Å². The van der Waals surface area contributed by atoms with Crippen LogP contribution in [0.3, 0.4) is 0 Å². The van der Waals surface area contributed by atoms with E-state index in [1.54, 1.807) is 0 Å². The average Bonchev–Trinajstić information content (AvgIpc) is 2.74. The smallest absolute Gasteiger partial charge is 0.310 e. The molecule has 0 aliphatic heterocycles. The lowest BCUT2D eigenvalue weighted by Crippen LogP contribution is -2.33. The third kappa shape index (κ3) is 2.92. The molecule has 3 nitrogen and oxygen atoms in total. The number of nitrogens with zero attached hydrogens (tertiary/aromatic N) is 1. The second-order valence-electron chi connectivity index (χ2n) is 6.17. The fourth-order valence-electron chi connectivity index (χ4n) is 3.42. The van der Waals surface area contributed by atoms with Crippen molar-refractivity contribution in [3.8, 4) is 0 Å². The van der Waals surface area contributed by atoms with Gasteiger partial charge in [-0.05, 0) is 25.0 Å². The van der Waals surface area contributed by atoms with Crippen molar-refractivity contribution in [1.29, 1.82) is 0 Å². The summed E-state index contributed by atoms with van der Waals surface area (Å²) >= 11 is 0. The summed E-state index contributed by atoms with van der Waals surface area (Å²) in [6.45, 7) is 0. The van der Waals surface area contributed by atoms with Crippen molar-refractivity contribution in [1.82, 2.24) is 4.98 Å². The zero-order chi connectivity index (χ0) is 14.7. The van der Waals surface area contributed by atoms with Gasteiger partial charge in [-0.1, -0.05) is 49.9 Å². The van der Waals surface area contributed by atoms with Gasteiger partial charge >= 0.3 is 5.97 Å². The van der Waals surface area contributed by atoms with Gasteiger partial charge in [0.1, 0.15) is 0 Å². The SMILES string of the molecule is O=C(O)C1(Cc2ccc3ccccc3n2)CCCCCC1. The average molecular weight is 283 g/mol. The Morgan fingerprint density at radius 1 is 1.05 bits per heavy atom. The number of carboxylic acid groups (broad SMARTS) is 1. The van der Waals surface area contributed by atoms with E-state index in [2.05, 4.69) is 4.98 Å². The molecule has 110 valence electrons. The predicted octanol–water partition coefficient (Wildman–Crippen LogP) is 4.20. The summed E-state index contributed by atoms with van der Waals surface area (Å²) in [4.78, 5) is 16.5. The number of pyridine rings is 1. The molecule has 0 saturated heterocycles. The van der Waals surface area contributed by atoms with Crippen LogP contribution in [0.2, 0.25) is 0 Å². The zero-order valence-electron chi connectivity index (χ0n) is 12.2. The number of hydrogen-bond acceptors (Lipinski definition) is 2. The predicted molar refractivity (Wildman–Crippen MR) is 83.2 cm³/mol. The van der Waals surface area contributed by atoms with Crippen molar-refractivity contribution in [2.45, 2.75) is 44.9 Å². The van der Waals surface area contributed by atoms with Crippen molar-refractivity contribution in [2.75, 3.05) is 0 Å². The lowest BCUT2D eigenvalue weighted by molar-refractivity contribution is -0.149. The van der Waals surface area contributed by atoms with Gasteiger partial charge in [-0.25, -0.2) is 0 Å². The van der Waals surface area contributed by atoms with Gasteiger partial charge in [0.2, 0.25) is 0 Å². The van der Waals surface area contributed by atoms with Crippen LogP contribution in [0.15, 0.2) is 36.4 Å². The number of carboxylic acids is 1. The van der Waals surface area contributed by atoms with Crippen LogP contribution in [0, 0.1) is 5.41 Å². The van der Waals surface area contributed by atoms with Gasteiger partial charge in [-0.3, -0.25) is 9.78 Å². The molecular formula is C18H21NO2. The Balaban J connectivity index is 1.91. The summed E-state index contributed by atoms with van der Waals surface area (Å²) in [5.74, 6) is -0.653. The summed E-state index contributed by atoms with van der Waals surface area (Å²) in [7, 11) is 0. The molecule has 0 amide bonds. The molecule has 0 unspecified atom stereocenters. The van der Waals surface area contributed by atoms with E-state index in [-0.39, 0.29) is 0 Å². The molecule has 3 rings (SSSR count). The number of fused-ring (bicyclic) bond motifs is 1. The summed E-state index contributed by atoms with van der Waals surface area (Å²) in [6, 6.07) is 12.0. The highest BCUT2D eigenvalue weighted by molar-refractivity contribution is 5.79. The first-order valence-corrected chi connectivity index (χ1v) is 7.78. The molecule has 1 N–H and O–H groups in total. The largest absolute Gasteiger partial charge is 0.481 e. The third-order valence-electron chi connectivity index (χ3n) is 4.69. The Bertz CT molecular complexity index is 642. The van der Waals surface area contributed by atoms with E-state index in [9.17, 15) is 9.90 Å². The second kappa shape index (κ2) is 5.84. The molecular weight excluding hydrogens is 262 g/mol. The van der Waals surface area contributed by atoms with Gasteiger partial charge in [0.25, 0.3) is 0 Å². The van der Waals surface area contributed by atoms with Crippen LogP contribution in [0.4, 0.5) is 0 Å². The minimum atomic E-state index is -0.653. The van der Waals surface area contributed by atoms with Crippen LogP contribution in [-0.2, 0) is 11.2 Å². The van der Waals surface area contributed by atoms with Crippen molar-refractivity contribution in [2.24, 2.45) is 5.41 Å². The maximum atomic E-state index is 11.9. The van der Waals surface area contributed by atoms with Gasteiger partial charge in [0.05, 0.1) is 10.9 Å². The molecule has 1 aromatic heterocycles. The fourth-order valence-corrected chi connectivity index (χ4v) is 3.42. The van der Waals surface area contributed by atoms with Gasteiger partial charge in [-0.15, -0.1) is 0 Å². The van der Waals surface area contributed by atoms with Gasteiger partial charge in [-0.2, -0.15) is 0 Å². The minimum absolute atomic E-state index is 0.549. The van der Waals surface area contributed by atoms with Gasteiger partial charge < -0.3 is 5.11 Å². The molecule has 0 bridgehead atoms.